The zero-order valence-electron chi connectivity index (χ0n) is 8.95. The highest BCUT2D eigenvalue weighted by molar-refractivity contribution is 9.10. The third kappa shape index (κ3) is 2.09. The zero-order chi connectivity index (χ0) is 11.0. The van der Waals surface area contributed by atoms with E-state index in [1.165, 1.54) is 0 Å². The van der Waals surface area contributed by atoms with Gasteiger partial charge < -0.3 is 0 Å². The second-order valence-corrected chi connectivity index (χ2v) is 4.49. The molecule has 0 aliphatic carbocycles. The number of halogens is 1. The summed E-state index contributed by atoms with van der Waals surface area (Å²) >= 11 is 3.50. The molecule has 0 aliphatic heterocycles. The second-order valence-electron chi connectivity index (χ2n) is 3.64. The van der Waals surface area contributed by atoms with Crippen LogP contribution in [0.2, 0.25) is 0 Å². The largest absolute Gasteiger partial charge is 0.274 e. The molecule has 0 N–H and O–H groups in total. The van der Waals surface area contributed by atoms with Crippen molar-refractivity contribution in [3.05, 3.63) is 34.2 Å². The number of nitrogens with zero attached hydrogens (tertiary/aromatic N) is 3. The Morgan fingerprint density at radius 3 is 2.27 bits per heavy atom. The van der Waals surface area contributed by atoms with Crippen LogP contribution < -0.4 is 0 Å². The summed E-state index contributed by atoms with van der Waals surface area (Å²) in [5, 5.41) is 4.40. The molecule has 2 heterocycles. The minimum absolute atomic E-state index is 0.964. The third-order valence-corrected chi connectivity index (χ3v) is 2.72. The van der Waals surface area contributed by atoms with Gasteiger partial charge in [0, 0.05) is 30.2 Å². The van der Waals surface area contributed by atoms with Crippen molar-refractivity contribution >= 4 is 15.9 Å². The monoisotopic (exact) mass is 265 g/mol. The van der Waals surface area contributed by atoms with E-state index in [4.69, 9.17) is 0 Å². The van der Waals surface area contributed by atoms with E-state index >= 15 is 0 Å². The van der Waals surface area contributed by atoms with E-state index in [2.05, 4.69) is 26.0 Å². The van der Waals surface area contributed by atoms with Crippen molar-refractivity contribution in [2.75, 3.05) is 0 Å². The van der Waals surface area contributed by atoms with Crippen LogP contribution in [0, 0.1) is 13.8 Å². The van der Waals surface area contributed by atoms with Gasteiger partial charge in [0.25, 0.3) is 0 Å². The molecule has 3 nitrogen and oxygen atoms in total. The number of aryl methyl sites for hydroxylation is 3. The summed E-state index contributed by atoms with van der Waals surface area (Å²) in [6, 6.07) is 4.08. The summed E-state index contributed by atoms with van der Waals surface area (Å²) in [7, 11) is 1.91. The maximum Gasteiger partial charge on any atom is 0.107 e. The van der Waals surface area contributed by atoms with Crippen LogP contribution in [-0.4, -0.2) is 14.8 Å². The van der Waals surface area contributed by atoms with Crippen LogP contribution in [0.5, 0.6) is 0 Å². The van der Waals surface area contributed by atoms with Crippen molar-refractivity contribution in [1.82, 2.24) is 14.8 Å². The summed E-state index contributed by atoms with van der Waals surface area (Å²) in [5.74, 6) is 0. The van der Waals surface area contributed by atoms with Crippen molar-refractivity contribution in [2.45, 2.75) is 13.8 Å². The lowest BCUT2D eigenvalue weighted by molar-refractivity contribution is 0.770. The Morgan fingerprint density at radius 2 is 1.80 bits per heavy atom. The first-order valence-electron chi connectivity index (χ1n) is 4.71. The Kier molecular flexibility index (Phi) is 2.61. The van der Waals surface area contributed by atoms with Crippen LogP contribution in [-0.2, 0) is 7.05 Å². The van der Waals surface area contributed by atoms with E-state index in [1.54, 1.807) is 4.68 Å². The van der Waals surface area contributed by atoms with E-state index in [9.17, 15) is 0 Å². The molecule has 0 bridgehead atoms. The Bertz CT molecular complexity index is 482. The first-order chi connectivity index (χ1) is 7.06. The molecule has 2 rings (SSSR count). The van der Waals surface area contributed by atoms with E-state index in [1.807, 2.05) is 39.2 Å². The predicted molar refractivity (Wildman–Crippen MR) is 63.6 cm³/mol. The fraction of sp³-hybridized carbons (Fsp3) is 0.273. The molecule has 0 fully saturated rings. The summed E-state index contributed by atoms with van der Waals surface area (Å²) in [4.78, 5) is 4.35. The first kappa shape index (κ1) is 10.4. The molecule has 0 spiro atoms. The van der Waals surface area contributed by atoms with Crippen LogP contribution in [0.15, 0.2) is 22.8 Å². The molecule has 2 aromatic heterocycles. The number of aromatic nitrogens is 3. The molecule has 0 saturated carbocycles. The van der Waals surface area contributed by atoms with Gasteiger partial charge in [-0.3, -0.25) is 9.67 Å². The van der Waals surface area contributed by atoms with Gasteiger partial charge in [0.1, 0.15) is 5.69 Å². The maximum absolute atomic E-state index is 4.40. The Morgan fingerprint density at radius 1 is 1.20 bits per heavy atom. The van der Waals surface area contributed by atoms with Gasteiger partial charge in [-0.1, -0.05) is 0 Å². The molecule has 0 unspecified atom stereocenters. The second kappa shape index (κ2) is 3.77. The van der Waals surface area contributed by atoms with Gasteiger partial charge in [-0.05, 0) is 41.9 Å². The quantitative estimate of drug-likeness (QED) is 0.794. The highest BCUT2D eigenvalue weighted by Crippen LogP contribution is 2.26. The minimum atomic E-state index is 0.964. The average Bonchev–Trinajstić information content (AvgIpc) is 2.43. The fourth-order valence-electron chi connectivity index (χ4n) is 1.63. The first-order valence-corrected chi connectivity index (χ1v) is 5.50. The zero-order valence-corrected chi connectivity index (χ0v) is 10.5. The Labute approximate surface area is 97.3 Å². The van der Waals surface area contributed by atoms with Crippen LogP contribution >= 0.6 is 15.9 Å². The number of hydrogen-bond acceptors (Lipinski definition) is 2. The maximum atomic E-state index is 4.40. The molecule has 0 radical (unpaired) electrons. The lowest BCUT2D eigenvalue weighted by atomic mass is 10.1. The van der Waals surface area contributed by atoms with Gasteiger partial charge in [-0.15, -0.1) is 0 Å². The van der Waals surface area contributed by atoms with Crippen LogP contribution in [0.4, 0.5) is 0 Å². The van der Waals surface area contributed by atoms with Crippen molar-refractivity contribution in [3.63, 3.8) is 0 Å². The number of rotatable bonds is 1. The summed E-state index contributed by atoms with van der Waals surface area (Å²) in [6.07, 6.45) is 1.94. The molecule has 0 atom stereocenters. The van der Waals surface area contributed by atoms with Gasteiger partial charge in [0.05, 0.1) is 4.47 Å². The van der Waals surface area contributed by atoms with E-state index in [0.717, 1.165) is 27.1 Å². The Hall–Kier alpha value is -1.16. The molecular weight excluding hydrogens is 254 g/mol. The number of hydrogen-bond donors (Lipinski definition) is 0. The molecule has 0 aliphatic rings. The highest BCUT2D eigenvalue weighted by Gasteiger charge is 2.08. The summed E-state index contributed by atoms with van der Waals surface area (Å²) < 4.78 is 2.81. The van der Waals surface area contributed by atoms with Gasteiger partial charge in [0.2, 0.25) is 0 Å². The van der Waals surface area contributed by atoms with Crippen molar-refractivity contribution in [1.29, 1.82) is 0 Å². The molecule has 15 heavy (non-hydrogen) atoms. The third-order valence-electron chi connectivity index (χ3n) is 2.14. The molecule has 78 valence electrons. The standard InChI is InChI=1S/C11H12BrN3/c1-7-4-9(5-8(2)13-7)11-10(12)6-15(3)14-11/h4-6H,1-3H3. The lowest BCUT2D eigenvalue weighted by Gasteiger charge is -2.01. The van der Waals surface area contributed by atoms with Crippen LogP contribution in [0.3, 0.4) is 0 Å². The normalized spacial score (nSPS) is 10.7. The smallest absolute Gasteiger partial charge is 0.107 e. The molecule has 0 saturated heterocycles. The molecule has 4 heteroatoms. The van der Waals surface area contributed by atoms with Gasteiger partial charge in [-0.25, -0.2) is 0 Å². The van der Waals surface area contributed by atoms with Gasteiger partial charge in [-0.2, -0.15) is 5.10 Å². The molecule has 0 amide bonds. The van der Waals surface area contributed by atoms with Gasteiger partial charge in [0.15, 0.2) is 0 Å². The summed E-state index contributed by atoms with van der Waals surface area (Å²) in [6.45, 7) is 3.99. The molecular formula is C11H12BrN3. The average molecular weight is 266 g/mol. The van der Waals surface area contributed by atoms with Crippen LogP contribution in [0.25, 0.3) is 11.3 Å². The van der Waals surface area contributed by atoms with Crippen molar-refractivity contribution in [3.8, 4) is 11.3 Å². The van der Waals surface area contributed by atoms with E-state index in [0.29, 0.717) is 0 Å². The van der Waals surface area contributed by atoms with Crippen molar-refractivity contribution < 1.29 is 0 Å². The predicted octanol–water partition coefficient (Wildman–Crippen LogP) is 2.86. The van der Waals surface area contributed by atoms with Gasteiger partial charge >= 0.3 is 0 Å². The fourth-order valence-corrected chi connectivity index (χ4v) is 2.23. The summed E-state index contributed by atoms with van der Waals surface area (Å²) in [5.41, 5.74) is 4.10. The SMILES string of the molecule is Cc1cc(-c2nn(C)cc2Br)cc(C)n1. The number of pyridine rings is 1. The lowest BCUT2D eigenvalue weighted by Crippen LogP contribution is -1.91. The van der Waals surface area contributed by atoms with E-state index < -0.39 is 0 Å². The highest BCUT2D eigenvalue weighted by atomic mass is 79.9. The Balaban J connectivity index is 2.58. The molecule has 2 aromatic rings. The molecule has 0 aromatic carbocycles. The minimum Gasteiger partial charge on any atom is -0.274 e. The van der Waals surface area contributed by atoms with Crippen LogP contribution in [0.1, 0.15) is 11.4 Å². The topological polar surface area (TPSA) is 30.7 Å². The van der Waals surface area contributed by atoms with Crippen molar-refractivity contribution in [2.24, 2.45) is 7.05 Å². The van der Waals surface area contributed by atoms with E-state index in [-0.39, 0.29) is 0 Å².